The highest BCUT2D eigenvalue weighted by atomic mass is 19.4. The van der Waals surface area contributed by atoms with E-state index in [2.05, 4.69) is 15.6 Å². The lowest BCUT2D eigenvalue weighted by Crippen LogP contribution is -2.07. The van der Waals surface area contributed by atoms with Crippen LogP contribution in [0.4, 0.5) is 24.7 Å². The van der Waals surface area contributed by atoms with Crippen molar-refractivity contribution in [3.05, 3.63) is 40.9 Å². The molecule has 1 N–H and O–H groups in total. The van der Waals surface area contributed by atoms with Gasteiger partial charge in [0, 0.05) is 7.05 Å². The number of para-hydroxylation sites is 1. The molecule has 0 unspecified atom stereocenters. The number of anilines is 1. The molecule has 100 valence electrons. The SMILES string of the molecule is CNc1c(N=O)c(C(F)(F)F)nn1-c1ccccc1. The highest BCUT2D eigenvalue weighted by molar-refractivity contribution is 5.67. The van der Waals surface area contributed by atoms with Crippen molar-refractivity contribution in [3.63, 3.8) is 0 Å². The minimum atomic E-state index is -4.74. The van der Waals surface area contributed by atoms with Crippen LogP contribution in [-0.2, 0) is 6.18 Å². The zero-order chi connectivity index (χ0) is 14.0. The van der Waals surface area contributed by atoms with E-state index in [9.17, 15) is 18.1 Å². The minimum Gasteiger partial charge on any atom is -0.371 e. The van der Waals surface area contributed by atoms with Gasteiger partial charge in [0.15, 0.2) is 17.2 Å². The van der Waals surface area contributed by atoms with Crippen molar-refractivity contribution in [2.45, 2.75) is 6.18 Å². The van der Waals surface area contributed by atoms with E-state index < -0.39 is 17.6 Å². The van der Waals surface area contributed by atoms with E-state index in [1.54, 1.807) is 30.3 Å². The number of alkyl halides is 3. The van der Waals surface area contributed by atoms with Crippen molar-refractivity contribution in [2.75, 3.05) is 12.4 Å². The molecule has 1 aromatic heterocycles. The Morgan fingerprint density at radius 2 is 1.89 bits per heavy atom. The largest absolute Gasteiger partial charge is 0.437 e. The number of aromatic nitrogens is 2. The monoisotopic (exact) mass is 270 g/mol. The lowest BCUT2D eigenvalue weighted by atomic mass is 10.3. The van der Waals surface area contributed by atoms with Gasteiger partial charge < -0.3 is 5.32 Å². The van der Waals surface area contributed by atoms with Crippen LogP contribution in [0.15, 0.2) is 35.5 Å². The third kappa shape index (κ3) is 2.28. The molecule has 0 bridgehead atoms. The summed E-state index contributed by atoms with van der Waals surface area (Å²) in [5, 5.41) is 8.38. The topological polar surface area (TPSA) is 59.3 Å². The summed E-state index contributed by atoms with van der Waals surface area (Å²) in [7, 11) is 1.39. The fourth-order valence-electron chi connectivity index (χ4n) is 1.67. The maximum atomic E-state index is 12.8. The van der Waals surface area contributed by atoms with Crippen LogP contribution in [-0.4, -0.2) is 16.8 Å². The second-order valence-electron chi connectivity index (χ2n) is 3.63. The normalized spacial score (nSPS) is 11.4. The molecule has 1 aromatic carbocycles. The number of nitroso groups, excluding NO2 is 1. The molecule has 0 saturated heterocycles. The smallest absolute Gasteiger partial charge is 0.371 e. The lowest BCUT2D eigenvalue weighted by Gasteiger charge is -2.05. The molecule has 0 radical (unpaired) electrons. The van der Waals surface area contributed by atoms with Crippen LogP contribution in [0.3, 0.4) is 0 Å². The first-order valence-corrected chi connectivity index (χ1v) is 5.25. The summed E-state index contributed by atoms with van der Waals surface area (Å²) in [4.78, 5) is 10.7. The zero-order valence-electron chi connectivity index (χ0n) is 9.77. The molecular formula is C11H9F3N4O. The second kappa shape index (κ2) is 4.71. The quantitative estimate of drug-likeness (QED) is 0.870. The van der Waals surface area contributed by atoms with Crippen molar-refractivity contribution in [3.8, 4) is 5.69 Å². The van der Waals surface area contributed by atoms with E-state index in [0.717, 1.165) is 4.68 Å². The standard InChI is InChI=1S/C11H9F3N4O/c1-15-10-8(17-19)9(11(12,13)14)16-18(10)7-5-3-2-4-6-7/h2-6,15H,1H3. The van der Waals surface area contributed by atoms with Crippen LogP contribution in [0, 0.1) is 4.91 Å². The molecule has 0 fully saturated rings. The fourth-order valence-corrected chi connectivity index (χ4v) is 1.67. The number of hydrogen-bond donors (Lipinski definition) is 1. The number of nitrogens with one attached hydrogen (secondary N) is 1. The average Bonchev–Trinajstić information content (AvgIpc) is 2.78. The van der Waals surface area contributed by atoms with Gasteiger partial charge in [0.05, 0.1) is 5.69 Å². The Kier molecular flexibility index (Phi) is 3.24. The molecule has 2 aromatic rings. The summed E-state index contributed by atoms with van der Waals surface area (Å²) in [6.45, 7) is 0. The number of hydrogen-bond acceptors (Lipinski definition) is 4. The van der Waals surface area contributed by atoms with Gasteiger partial charge in [0.1, 0.15) is 0 Å². The van der Waals surface area contributed by atoms with Gasteiger partial charge in [-0.25, -0.2) is 4.68 Å². The summed E-state index contributed by atoms with van der Waals surface area (Å²) >= 11 is 0. The van der Waals surface area contributed by atoms with E-state index in [4.69, 9.17) is 0 Å². The Morgan fingerprint density at radius 1 is 1.26 bits per heavy atom. The summed E-state index contributed by atoms with van der Waals surface area (Å²) in [5.74, 6) is -0.103. The van der Waals surface area contributed by atoms with Crippen LogP contribution >= 0.6 is 0 Å². The van der Waals surface area contributed by atoms with Crippen molar-refractivity contribution >= 4 is 11.5 Å². The molecule has 5 nitrogen and oxygen atoms in total. The molecule has 0 aliphatic heterocycles. The van der Waals surface area contributed by atoms with Gasteiger partial charge in [-0.15, -0.1) is 4.91 Å². The van der Waals surface area contributed by atoms with Gasteiger partial charge in [0.2, 0.25) is 0 Å². The van der Waals surface area contributed by atoms with Gasteiger partial charge in [-0.2, -0.15) is 18.3 Å². The first kappa shape index (κ1) is 13.1. The van der Waals surface area contributed by atoms with Gasteiger partial charge in [-0.1, -0.05) is 18.2 Å². The number of halogens is 3. The van der Waals surface area contributed by atoms with Crippen LogP contribution in [0.25, 0.3) is 5.69 Å². The Hall–Kier alpha value is -2.38. The van der Waals surface area contributed by atoms with Crippen LogP contribution in [0.2, 0.25) is 0 Å². The molecule has 0 aliphatic rings. The zero-order valence-corrected chi connectivity index (χ0v) is 9.77. The van der Waals surface area contributed by atoms with Crippen molar-refractivity contribution in [1.29, 1.82) is 0 Å². The summed E-state index contributed by atoms with van der Waals surface area (Å²) < 4.78 is 39.3. The molecule has 8 heteroatoms. The third-order valence-electron chi connectivity index (χ3n) is 2.46. The minimum absolute atomic E-state index is 0.103. The predicted octanol–water partition coefficient (Wildman–Crippen LogP) is 3.33. The summed E-state index contributed by atoms with van der Waals surface area (Å²) in [5.41, 5.74) is -1.66. The maximum absolute atomic E-state index is 12.8. The van der Waals surface area contributed by atoms with Crippen molar-refractivity contribution in [1.82, 2.24) is 9.78 Å². The second-order valence-corrected chi connectivity index (χ2v) is 3.63. The highest BCUT2D eigenvalue weighted by Gasteiger charge is 2.40. The van der Waals surface area contributed by atoms with E-state index >= 15 is 0 Å². The van der Waals surface area contributed by atoms with E-state index in [0.29, 0.717) is 5.69 Å². The third-order valence-corrected chi connectivity index (χ3v) is 2.46. The van der Waals surface area contributed by atoms with Crippen molar-refractivity contribution < 1.29 is 13.2 Å². The summed E-state index contributed by atoms with van der Waals surface area (Å²) in [6.07, 6.45) is -4.74. The van der Waals surface area contributed by atoms with Crippen LogP contribution in [0.5, 0.6) is 0 Å². The van der Waals surface area contributed by atoms with Gasteiger partial charge >= 0.3 is 6.18 Å². The van der Waals surface area contributed by atoms with E-state index in [1.165, 1.54) is 7.05 Å². The lowest BCUT2D eigenvalue weighted by molar-refractivity contribution is -0.140. The van der Waals surface area contributed by atoms with Gasteiger partial charge in [-0.3, -0.25) is 0 Å². The Morgan fingerprint density at radius 3 is 2.37 bits per heavy atom. The van der Waals surface area contributed by atoms with Crippen molar-refractivity contribution in [2.24, 2.45) is 5.18 Å². The molecule has 0 aliphatic carbocycles. The fraction of sp³-hybridized carbons (Fsp3) is 0.182. The average molecular weight is 270 g/mol. The molecule has 19 heavy (non-hydrogen) atoms. The first-order chi connectivity index (χ1) is 8.99. The van der Waals surface area contributed by atoms with Crippen LogP contribution in [0.1, 0.15) is 5.69 Å². The Bertz CT molecular complexity index is 592. The molecule has 0 saturated carbocycles. The van der Waals surface area contributed by atoms with Gasteiger partial charge in [-0.05, 0) is 17.3 Å². The molecule has 1 heterocycles. The number of rotatable bonds is 3. The first-order valence-electron chi connectivity index (χ1n) is 5.25. The molecule has 2 rings (SSSR count). The summed E-state index contributed by atoms with van der Waals surface area (Å²) in [6, 6.07) is 8.16. The predicted molar refractivity (Wildman–Crippen MR) is 63.6 cm³/mol. The molecule has 0 atom stereocenters. The van der Waals surface area contributed by atoms with E-state index in [-0.39, 0.29) is 5.82 Å². The number of nitrogens with zero attached hydrogens (tertiary/aromatic N) is 3. The molecule has 0 amide bonds. The van der Waals surface area contributed by atoms with Crippen LogP contribution < -0.4 is 5.32 Å². The molecule has 0 spiro atoms. The van der Waals surface area contributed by atoms with Gasteiger partial charge in [0.25, 0.3) is 0 Å². The highest BCUT2D eigenvalue weighted by Crippen LogP contribution is 2.40. The number of benzene rings is 1. The molecular weight excluding hydrogens is 261 g/mol. The maximum Gasteiger partial charge on any atom is 0.437 e. The van der Waals surface area contributed by atoms with E-state index in [1.807, 2.05) is 0 Å². The Labute approximate surface area is 106 Å². The Balaban J connectivity index is 2.69.